The number of ether oxygens (including phenoxy) is 1. The first-order chi connectivity index (χ1) is 10.2. The van der Waals surface area contributed by atoms with E-state index >= 15 is 0 Å². The maximum Gasteiger partial charge on any atom is 0.189 e. The van der Waals surface area contributed by atoms with Gasteiger partial charge < -0.3 is 4.74 Å². The molecule has 21 heavy (non-hydrogen) atoms. The van der Waals surface area contributed by atoms with Gasteiger partial charge >= 0.3 is 0 Å². The van der Waals surface area contributed by atoms with Crippen molar-refractivity contribution in [3.05, 3.63) is 40.7 Å². The van der Waals surface area contributed by atoms with Crippen molar-refractivity contribution >= 4 is 0 Å². The average molecular weight is 284 g/mol. The van der Waals surface area contributed by atoms with Gasteiger partial charge in [-0.3, -0.25) is 0 Å². The molecule has 0 radical (unpaired) electrons. The van der Waals surface area contributed by atoms with E-state index in [0.717, 1.165) is 36.4 Å². The summed E-state index contributed by atoms with van der Waals surface area (Å²) in [5.74, 6) is 0.835. The highest BCUT2D eigenvalue weighted by atomic mass is 16.5. The van der Waals surface area contributed by atoms with Gasteiger partial charge in [-0.1, -0.05) is 30.7 Å². The number of aryl methyl sites for hydroxylation is 2. The molecule has 0 spiro atoms. The summed E-state index contributed by atoms with van der Waals surface area (Å²) in [6, 6.07) is 8.04. The molecule has 0 aliphatic heterocycles. The van der Waals surface area contributed by atoms with Crippen LogP contribution < -0.4 is 4.74 Å². The van der Waals surface area contributed by atoms with E-state index < -0.39 is 0 Å². The van der Waals surface area contributed by atoms with E-state index in [-0.39, 0.29) is 0 Å². The summed E-state index contributed by atoms with van der Waals surface area (Å²) in [7, 11) is 0. The Morgan fingerprint density at radius 2 is 2.14 bits per heavy atom. The number of rotatable bonds is 6. The Bertz CT molecular complexity index is 655. The number of nitriles is 1. The first kappa shape index (κ1) is 15.0. The van der Waals surface area contributed by atoms with Crippen LogP contribution in [0.3, 0.4) is 0 Å². The first-order valence-corrected chi connectivity index (χ1v) is 7.18. The number of aromatic nitrogens is 3. The van der Waals surface area contributed by atoms with Crippen LogP contribution in [0.5, 0.6) is 5.75 Å². The minimum atomic E-state index is 0.309. The van der Waals surface area contributed by atoms with Crippen LogP contribution in [0.4, 0.5) is 0 Å². The molecule has 0 N–H and O–H groups in total. The van der Waals surface area contributed by atoms with E-state index in [1.807, 2.05) is 19.1 Å². The lowest BCUT2D eigenvalue weighted by molar-refractivity contribution is 0.288. The highest BCUT2D eigenvalue weighted by Gasteiger charge is 2.13. The average Bonchev–Trinajstić information content (AvgIpc) is 2.88. The van der Waals surface area contributed by atoms with Crippen LogP contribution >= 0.6 is 0 Å². The van der Waals surface area contributed by atoms with E-state index in [2.05, 4.69) is 36.3 Å². The molecule has 0 unspecified atom stereocenters. The minimum absolute atomic E-state index is 0.309. The van der Waals surface area contributed by atoms with Gasteiger partial charge in [0, 0.05) is 6.54 Å². The van der Waals surface area contributed by atoms with Crippen molar-refractivity contribution in [3.63, 3.8) is 0 Å². The second kappa shape index (κ2) is 6.89. The van der Waals surface area contributed by atoms with Crippen molar-refractivity contribution < 1.29 is 4.74 Å². The lowest BCUT2D eigenvalue weighted by atomic mass is 10.1. The Hall–Kier alpha value is -2.35. The Morgan fingerprint density at radius 3 is 2.86 bits per heavy atom. The molecule has 0 fully saturated rings. The molecule has 0 atom stereocenters. The zero-order valence-corrected chi connectivity index (χ0v) is 12.8. The van der Waals surface area contributed by atoms with Crippen molar-refractivity contribution in [3.8, 4) is 11.8 Å². The van der Waals surface area contributed by atoms with Gasteiger partial charge in [0.05, 0.1) is 0 Å². The fourth-order valence-electron chi connectivity index (χ4n) is 2.08. The van der Waals surface area contributed by atoms with Crippen molar-refractivity contribution in [1.82, 2.24) is 15.0 Å². The number of hydrogen-bond donors (Lipinski definition) is 0. The smallest absolute Gasteiger partial charge is 0.189 e. The number of benzene rings is 1. The molecule has 0 saturated heterocycles. The third kappa shape index (κ3) is 3.40. The van der Waals surface area contributed by atoms with Gasteiger partial charge in [-0.15, -0.1) is 5.10 Å². The van der Waals surface area contributed by atoms with Crippen LogP contribution in [0.2, 0.25) is 0 Å². The molecule has 5 heteroatoms. The van der Waals surface area contributed by atoms with E-state index in [1.54, 1.807) is 4.68 Å². The molecule has 5 nitrogen and oxygen atoms in total. The van der Waals surface area contributed by atoms with Crippen LogP contribution in [0.1, 0.15) is 42.3 Å². The maximum absolute atomic E-state index is 9.13. The lowest BCUT2D eigenvalue weighted by Crippen LogP contribution is -2.09. The van der Waals surface area contributed by atoms with Crippen molar-refractivity contribution in [2.45, 2.75) is 46.8 Å². The van der Waals surface area contributed by atoms with E-state index in [4.69, 9.17) is 10.00 Å². The normalized spacial score (nSPS) is 10.4. The molecule has 0 bridgehead atoms. The summed E-state index contributed by atoms with van der Waals surface area (Å²) in [5, 5.41) is 17.1. The zero-order chi connectivity index (χ0) is 15.2. The standard InChI is InChI=1S/C16H20N4O/c1-4-5-9-20-15(14(10-17)18-19-20)11-21-16-8-6-7-12(2)13(16)3/h6-8H,4-5,9,11H2,1-3H3. The third-order valence-electron chi connectivity index (χ3n) is 3.59. The van der Waals surface area contributed by atoms with Crippen LogP contribution in [-0.2, 0) is 13.2 Å². The Kier molecular flexibility index (Phi) is 4.94. The number of nitrogens with zero attached hydrogens (tertiary/aromatic N) is 4. The van der Waals surface area contributed by atoms with Gasteiger partial charge in [0.1, 0.15) is 24.1 Å². The second-order valence-electron chi connectivity index (χ2n) is 5.06. The van der Waals surface area contributed by atoms with Crippen molar-refractivity contribution in [2.24, 2.45) is 0 Å². The van der Waals surface area contributed by atoms with Crippen LogP contribution in [-0.4, -0.2) is 15.0 Å². The maximum atomic E-state index is 9.13. The summed E-state index contributed by atoms with van der Waals surface area (Å²) in [4.78, 5) is 0. The molecule has 1 aromatic carbocycles. The van der Waals surface area contributed by atoms with Crippen molar-refractivity contribution in [2.75, 3.05) is 0 Å². The van der Waals surface area contributed by atoms with Gasteiger partial charge in [-0.05, 0) is 37.5 Å². The van der Waals surface area contributed by atoms with Crippen LogP contribution in [0.15, 0.2) is 18.2 Å². The van der Waals surface area contributed by atoms with Gasteiger partial charge in [-0.25, -0.2) is 4.68 Å². The molecule has 0 saturated carbocycles. The van der Waals surface area contributed by atoms with E-state index in [0.29, 0.717) is 12.3 Å². The Labute approximate surface area is 125 Å². The summed E-state index contributed by atoms with van der Waals surface area (Å²) in [5.41, 5.74) is 3.39. The molecule has 2 rings (SSSR count). The van der Waals surface area contributed by atoms with Gasteiger partial charge in [-0.2, -0.15) is 5.26 Å². The molecular formula is C16H20N4O. The summed E-state index contributed by atoms with van der Waals surface area (Å²) >= 11 is 0. The zero-order valence-electron chi connectivity index (χ0n) is 12.8. The summed E-state index contributed by atoms with van der Waals surface area (Å²) < 4.78 is 7.64. The molecule has 1 heterocycles. The van der Waals surface area contributed by atoms with Gasteiger partial charge in [0.15, 0.2) is 5.69 Å². The molecule has 0 amide bonds. The predicted octanol–water partition coefficient (Wildman–Crippen LogP) is 3.15. The SMILES string of the molecule is CCCCn1nnc(C#N)c1COc1cccc(C)c1C. The van der Waals surface area contributed by atoms with Gasteiger partial charge in [0.2, 0.25) is 0 Å². The largest absolute Gasteiger partial charge is 0.487 e. The number of hydrogen-bond acceptors (Lipinski definition) is 4. The molecule has 0 aliphatic rings. The van der Waals surface area contributed by atoms with Gasteiger partial charge in [0.25, 0.3) is 0 Å². The van der Waals surface area contributed by atoms with Crippen LogP contribution in [0, 0.1) is 25.2 Å². The topological polar surface area (TPSA) is 63.7 Å². The Morgan fingerprint density at radius 1 is 1.33 bits per heavy atom. The monoisotopic (exact) mass is 284 g/mol. The summed E-state index contributed by atoms with van der Waals surface area (Å²) in [6.45, 7) is 7.27. The fourth-order valence-corrected chi connectivity index (χ4v) is 2.08. The molecule has 110 valence electrons. The Balaban J connectivity index is 2.17. The first-order valence-electron chi connectivity index (χ1n) is 7.18. The number of unbranched alkanes of at least 4 members (excludes halogenated alkanes) is 1. The highest BCUT2D eigenvalue weighted by Crippen LogP contribution is 2.22. The molecular weight excluding hydrogens is 264 g/mol. The van der Waals surface area contributed by atoms with E-state index in [1.165, 1.54) is 5.56 Å². The molecule has 0 aliphatic carbocycles. The second-order valence-corrected chi connectivity index (χ2v) is 5.06. The highest BCUT2D eigenvalue weighted by molar-refractivity contribution is 5.38. The fraction of sp³-hybridized carbons (Fsp3) is 0.438. The van der Waals surface area contributed by atoms with Crippen LogP contribution in [0.25, 0.3) is 0 Å². The van der Waals surface area contributed by atoms with E-state index in [9.17, 15) is 0 Å². The minimum Gasteiger partial charge on any atom is -0.487 e. The predicted molar refractivity (Wildman–Crippen MR) is 79.9 cm³/mol. The third-order valence-corrected chi connectivity index (χ3v) is 3.59. The lowest BCUT2D eigenvalue weighted by Gasteiger charge is -2.11. The summed E-state index contributed by atoms with van der Waals surface area (Å²) in [6.07, 6.45) is 2.07. The van der Waals surface area contributed by atoms with Crippen molar-refractivity contribution in [1.29, 1.82) is 5.26 Å². The molecule has 2 aromatic rings. The quantitative estimate of drug-likeness (QED) is 0.817. The molecule has 1 aromatic heterocycles.